The summed E-state index contributed by atoms with van der Waals surface area (Å²) in [4.78, 5) is 19.1. The van der Waals surface area contributed by atoms with Gasteiger partial charge in [0.2, 0.25) is 0 Å². The summed E-state index contributed by atoms with van der Waals surface area (Å²) in [5.74, 6) is -0.520. The van der Waals surface area contributed by atoms with Gasteiger partial charge in [-0.15, -0.1) is 23.1 Å². The molecule has 0 radical (unpaired) electrons. The fraction of sp³-hybridized carbons (Fsp3) is 0.250. The third-order valence-corrected chi connectivity index (χ3v) is 7.26. The van der Waals surface area contributed by atoms with Crippen molar-refractivity contribution in [1.29, 1.82) is 5.26 Å². The van der Waals surface area contributed by atoms with E-state index in [2.05, 4.69) is 23.2 Å². The molecule has 1 unspecified atom stereocenters. The lowest BCUT2D eigenvalue weighted by atomic mass is 9.79. The van der Waals surface area contributed by atoms with Crippen molar-refractivity contribution >= 4 is 46.4 Å². The largest absolute Gasteiger partial charge is 0.299 e. The maximum atomic E-state index is 12.3. The monoisotopic (exact) mass is 398 g/mol. The van der Waals surface area contributed by atoms with Gasteiger partial charge >= 0.3 is 0 Å². The van der Waals surface area contributed by atoms with Crippen molar-refractivity contribution < 1.29 is 4.79 Å². The third kappa shape index (κ3) is 4.12. The van der Waals surface area contributed by atoms with E-state index in [1.165, 1.54) is 4.90 Å². The van der Waals surface area contributed by atoms with Gasteiger partial charge in [0.1, 0.15) is 10.8 Å². The number of benzene rings is 1. The molecule has 26 heavy (non-hydrogen) atoms. The molecule has 132 valence electrons. The van der Waals surface area contributed by atoms with Gasteiger partial charge in [0.05, 0.1) is 22.6 Å². The molecule has 0 aliphatic carbocycles. The number of allylic oxidation sites excluding steroid dienone is 1. The van der Waals surface area contributed by atoms with Crippen molar-refractivity contribution in [2.24, 2.45) is 10.9 Å². The predicted octanol–water partition coefficient (Wildman–Crippen LogP) is 5.73. The van der Waals surface area contributed by atoms with Crippen LogP contribution in [0.4, 0.5) is 0 Å². The first-order valence-electron chi connectivity index (χ1n) is 8.15. The van der Waals surface area contributed by atoms with E-state index in [9.17, 15) is 10.1 Å². The Morgan fingerprint density at radius 2 is 2.00 bits per heavy atom. The molecule has 1 aliphatic heterocycles. The summed E-state index contributed by atoms with van der Waals surface area (Å²) in [5, 5.41) is 13.3. The summed E-state index contributed by atoms with van der Waals surface area (Å²) < 4.78 is 0. The highest BCUT2D eigenvalue weighted by atomic mass is 32.2. The van der Waals surface area contributed by atoms with Crippen LogP contribution in [0.3, 0.4) is 0 Å². The second kappa shape index (κ2) is 8.72. The Bertz CT molecular complexity index is 880. The minimum Gasteiger partial charge on any atom is -0.299 e. The summed E-state index contributed by atoms with van der Waals surface area (Å²) in [6.07, 6.45) is 0. The normalized spacial score (nSPS) is 19.8. The SMILES string of the molecule is CC(=O)C1C(C)=NC(SCSc2ccccc2)=C(C#N)[C@H]1c1cccs1. The van der Waals surface area contributed by atoms with Crippen molar-refractivity contribution in [3.05, 3.63) is 63.3 Å². The van der Waals surface area contributed by atoms with E-state index in [0.717, 1.165) is 20.7 Å². The number of aliphatic imine (C=N–C) groups is 1. The van der Waals surface area contributed by atoms with E-state index >= 15 is 0 Å². The van der Waals surface area contributed by atoms with Crippen LogP contribution in [-0.2, 0) is 4.79 Å². The smallest absolute Gasteiger partial charge is 0.139 e. The van der Waals surface area contributed by atoms with Crippen LogP contribution < -0.4 is 0 Å². The van der Waals surface area contributed by atoms with E-state index in [0.29, 0.717) is 5.57 Å². The second-order valence-electron chi connectivity index (χ2n) is 5.88. The Hall–Kier alpha value is -1.81. The fourth-order valence-electron chi connectivity index (χ4n) is 3.03. The number of ketones is 1. The minimum atomic E-state index is -0.352. The Morgan fingerprint density at radius 1 is 1.23 bits per heavy atom. The lowest BCUT2D eigenvalue weighted by Crippen LogP contribution is -2.30. The number of carbonyl (C=O) groups is 1. The summed E-state index contributed by atoms with van der Waals surface area (Å²) in [6.45, 7) is 3.48. The van der Waals surface area contributed by atoms with Crippen molar-refractivity contribution in [2.75, 3.05) is 5.08 Å². The maximum Gasteiger partial charge on any atom is 0.139 e. The zero-order valence-electron chi connectivity index (χ0n) is 14.5. The van der Waals surface area contributed by atoms with Gasteiger partial charge in [-0.05, 0) is 37.4 Å². The number of Topliss-reactive ketones (excluding diaryl/α,β-unsaturated/α-hetero) is 1. The van der Waals surface area contributed by atoms with Gasteiger partial charge in [0, 0.05) is 21.4 Å². The first-order chi connectivity index (χ1) is 12.6. The molecule has 0 bridgehead atoms. The number of carbonyl (C=O) groups excluding carboxylic acids is 1. The molecule has 1 aromatic carbocycles. The van der Waals surface area contributed by atoms with Gasteiger partial charge in [-0.25, -0.2) is 4.99 Å². The molecule has 0 spiro atoms. The van der Waals surface area contributed by atoms with Gasteiger partial charge in [-0.1, -0.05) is 36.0 Å². The molecule has 0 saturated carbocycles. The number of thioether (sulfide) groups is 2. The zero-order valence-corrected chi connectivity index (χ0v) is 17.0. The second-order valence-corrected chi connectivity index (χ2v) is 9.24. The first-order valence-corrected chi connectivity index (χ1v) is 11.0. The van der Waals surface area contributed by atoms with Crippen LogP contribution in [-0.4, -0.2) is 16.6 Å². The molecule has 0 N–H and O–H groups in total. The van der Waals surface area contributed by atoms with E-state index in [1.807, 2.05) is 42.6 Å². The molecule has 2 atom stereocenters. The van der Waals surface area contributed by atoms with Gasteiger partial charge in [0.25, 0.3) is 0 Å². The molecule has 0 saturated heterocycles. The standard InChI is InChI=1S/C20H18N2OS3/c1-13-18(14(2)23)19(17-9-6-10-24-17)16(11-21)20(22-13)26-12-25-15-7-4-3-5-8-15/h3-10,18-19H,12H2,1-2H3/t18?,19-/m0/s1. The van der Waals surface area contributed by atoms with Crippen LogP contribution in [0.5, 0.6) is 0 Å². The van der Waals surface area contributed by atoms with E-state index in [-0.39, 0.29) is 17.6 Å². The van der Waals surface area contributed by atoms with Gasteiger partial charge < -0.3 is 0 Å². The Morgan fingerprint density at radius 3 is 2.62 bits per heavy atom. The van der Waals surface area contributed by atoms with Gasteiger partial charge in [0.15, 0.2) is 0 Å². The number of hydrogen-bond donors (Lipinski definition) is 0. The number of hydrogen-bond acceptors (Lipinski definition) is 6. The summed E-state index contributed by atoms with van der Waals surface area (Å²) in [6, 6.07) is 16.5. The van der Waals surface area contributed by atoms with E-state index < -0.39 is 0 Å². The number of thiophene rings is 1. The molecule has 6 heteroatoms. The van der Waals surface area contributed by atoms with Crippen LogP contribution in [0.2, 0.25) is 0 Å². The Labute approximate surface area is 166 Å². The molecule has 0 amide bonds. The molecule has 1 aliphatic rings. The number of nitrogens with zero attached hydrogens (tertiary/aromatic N) is 2. The maximum absolute atomic E-state index is 12.3. The van der Waals surface area contributed by atoms with Crippen molar-refractivity contribution in [3.63, 3.8) is 0 Å². The zero-order chi connectivity index (χ0) is 18.5. The van der Waals surface area contributed by atoms with Crippen LogP contribution in [0.1, 0.15) is 24.6 Å². The number of rotatable bonds is 6. The number of nitriles is 1. The van der Waals surface area contributed by atoms with E-state index in [4.69, 9.17) is 0 Å². The molecule has 0 fully saturated rings. The topological polar surface area (TPSA) is 53.2 Å². The molecule has 2 heterocycles. The lowest BCUT2D eigenvalue weighted by Gasteiger charge is -2.29. The van der Waals surface area contributed by atoms with Crippen LogP contribution >= 0.6 is 34.9 Å². The van der Waals surface area contributed by atoms with Crippen LogP contribution in [0, 0.1) is 17.2 Å². The van der Waals surface area contributed by atoms with Gasteiger partial charge in [-0.3, -0.25) is 4.79 Å². The molecular formula is C20H18N2OS3. The molecule has 3 rings (SSSR count). The lowest BCUT2D eigenvalue weighted by molar-refractivity contribution is -0.119. The average molecular weight is 399 g/mol. The van der Waals surface area contributed by atoms with Gasteiger partial charge in [-0.2, -0.15) is 5.26 Å². The molecular weight excluding hydrogens is 380 g/mol. The highest BCUT2D eigenvalue weighted by Gasteiger charge is 2.38. The highest BCUT2D eigenvalue weighted by molar-refractivity contribution is 8.17. The molecule has 3 nitrogen and oxygen atoms in total. The van der Waals surface area contributed by atoms with Crippen LogP contribution in [0.25, 0.3) is 0 Å². The molecule has 2 aromatic rings. The predicted molar refractivity (Wildman–Crippen MR) is 112 cm³/mol. The summed E-state index contributed by atoms with van der Waals surface area (Å²) in [5.41, 5.74) is 1.40. The molecule has 1 aromatic heterocycles. The summed E-state index contributed by atoms with van der Waals surface area (Å²) >= 11 is 4.88. The first kappa shape index (κ1) is 19.0. The minimum absolute atomic E-state index is 0.0557. The van der Waals surface area contributed by atoms with Crippen LogP contribution in [0.15, 0.2) is 68.3 Å². The van der Waals surface area contributed by atoms with Crippen molar-refractivity contribution in [1.82, 2.24) is 0 Å². The Balaban J connectivity index is 1.88. The highest BCUT2D eigenvalue weighted by Crippen LogP contribution is 2.44. The Kier molecular flexibility index (Phi) is 6.36. The average Bonchev–Trinajstić information content (AvgIpc) is 3.16. The van der Waals surface area contributed by atoms with Crippen molar-refractivity contribution in [3.8, 4) is 6.07 Å². The van der Waals surface area contributed by atoms with Crippen molar-refractivity contribution in [2.45, 2.75) is 24.7 Å². The summed E-state index contributed by atoms with van der Waals surface area (Å²) in [7, 11) is 0. The third-order valence-electron chi connectivity index (χ3n) is 4.18. The quantitative estimate of drug-likeness (QED) is 0.460. The van der Waals surface area contributed by atoms with E-state index in [1.54, 1.807) is 41.8 Å². The fourth-order valence-corrected chi connectivity index (χ4v) is 6.02.